The van der Waals surface area contributed by atoms with Crippen molar-refractivity contribution in [1.82, 2.24) is 19.9 Å². The largest absolute Gasteiger partial charge is 0.367 e. The third-order valence-corrected chi connectivity index (χ3v) is 3.29. The molecule has 1 unspecified atom stereocenters. The second kappa shape index (κ2) is 6.47. The molecule has 1 atom stereocenters. The maximum absolute atomic E-state index is 4.58. The Hall–Kier alpha value is -2.24. The molecule has 0 aliphatic heterocycles. The number of nitrogens with one attached hydrogen (secondary N) is 1. The predicted molar refractivity (Wildman–Crippen MR) is 84.7 cm³/mol. The molecule has 2 heterocycles. The number of rotatable bonds is 5. The molecule has 0 aliphatic rings. The first-order valence-corrected chi connectivity index (χ1v) is 7.01. The lowest BCUT2D eigenvalue weighted by Gasteiger charge is -2.19. The van der Waals surface area contributed by atoms with Crippen LogP contribution < -0.4 is 10.2 Å². The third kappa shape index (κ3) is 3.87. The van der Waals surface area contributed by atoms with E-state index in [-0.39, 0.29) is 6.04 Å². The van der Waals surface area contributed by atoms with Gasteiger partial charge in [-0.15, -0.1) is 0 Å². The fourth-order valence-corrected chi connectivity index (χ4v) is 1.99. The average Bonchev–Trinajstić information content (AvgIpc) is 2.44. The highest BCUT2D eigenvalue weighted by Crippen LogP contribution is 2.19. The van der Waals surface area contributed by atoms with Crippen LogP contribution in [0.1, 0.15) is 23.9 Å². The van der Waals surface area contributed by atoms with Gasteiger partial charge >= 0.3 is 0 Å². The summed E-state index contributed by atoms with van der Waals surface area (Å²) in [5.41, 5.74) is 3.03. The van der Waals surface area contributed by atoms with Crippen molar-refractivity contribution >= 4 is 11.8 Å². The summed E-state index contributed by atoms with van der Waals surface area (Å²) in [5.74, 6) is 1.59. The van der Waals surface area contributed by atoms with Crippen LogP contribution in [-0.4, -0.2) is 40.1 Å². The minimum absolute atomic E-state index is 0.213. The number of anilines is 2. The molecule has 0 aliphatic carbocycles. The SMILES string of the molecule is Cc1nc(N(C)C)nc(NC(C)Cc2cnccn2)c1C. The standard InChI is InChI=1S/C15H22N6/c1-10(8-13-9-16-6-7-17-13)18-14-11(2)12(3)19-15(20-14)21(4)5/h6-7,9-10H,8H2,1-5H3,(H,18,19,20). The minimum Gasteiger partial charge on any atom is -0.367 e. The van der Waals surface area contributed by atoms with Crippen LogP contribution in [0.3, 0.4) is 0 Å². The minimum atomic E-state index is 0.213. The smallest absolute Gasteiger partial charge is 0.227 e. The van der Waals surface area contributed by atoms with Gasteiger partial charge in [-0.05, 0) is 20.8 Å². The molecule has 0 saturated heterocycles. The molecule has 2 aromatic heterocycles. The molecule has 0 bridgehead atoms. The van der Waals surface area contributed by atoms with Crippen molar-refractivity contribution in [1.29, 1.82) is 0 Å². The van der Waals surface area contributed by atoms with Crippen molar-refractivity contribution in [3.05, 3.63) is 35.5 Å². The van der Waals surface area contributed by atoms with Gasteiger partial charge in [0.1, 0.15) is 5.82 Å². The van der Waals surface area contributed by atoms with Gasteiger partial charge in [-0.1, -0.05) is 0 Å². The fraction of sp³-hybridized carbons (Fsp3) is 0.467. The van der Waals surface area contributed by atoms with Crippen LogP contribution in [0.4, 0.5) is 11.8 Å². The first-order chi connectivity index (χ1) is 9.97. The highest BCUT2D eigenvalue weighted by molar-refractivity contribution is 5.50. The monoisotopic (exact) mass is 286 g/mol. The number of hydrogen-bond acceptors (Lipinski definition) is 6. The van der Waals surface area contributed by atoms with Crippen LogP contribution >= 0.6 is 0 Å². The number of nitrogens with zero attached hydrogens (tertiary/aromatic N) is 5. The Bertz CT molecular complexity index is 597. The lowest BCUT2D eigenvalue weighted by Crippen LogP contribution is -2.22. The molecule has 0 spiro atoms. The molecule has 0 saturated carbocycles. The van der Waals surface area contributed by atoms with Crippen LogP contribution in [0.5, 0.6) is 0 Å². The van der Waals surface area contributed by atoms with E-state index >= 15 is 0 Å². The van der Waals surface area contributed by atoms with Gasteiger partial charge in [-0.2, -0.15) is 4.98 Å². The Balaban J connectivity index is 2.15. The highest BCUT2D eigenvalue weighted by atomic mass is 15.2. The van der Waals surface area contributed by atoms with Gasteiger partial charge < -0.3 is 10.2 Å². The second-order valence-electron chi connectivity index (χ2n) is 5.42. The summed E-state index contributed by atoms with van der Waals surface area (Å²) in [7, 11) is 3.88. The van der Waals surface area contributed by atoms with E-state index in [4.69, 9.17) is 0 Å². The number of aromatic nitrogens is 4. The van der Waals surface area contributed by atoms with Gasteiger partial charge in [0, 0.05) is 56.4 Å². The maximum atomic E-state index is 4.58. The summed E-state index contributed by atoms with van der Waals surface area (Å²) in [6, 6.07) is 0.213. The quantitative estimate of drug-likeness (QED) is 0.906. The predicted octanol–water partition coefficient (Wildman–Crippen LogP) is 1.99. The topological polar surface area (TPSA) is 66.8 Å². The Kier molecular flexibility index (Phi) is 4.67. The molecule has 2 rings (SSSR count). The Morgan fingerprint density at radius 3 is 2.57 bits per heavy atom. The Labute approximate surface area is 125 Å². The van der Waals surface area contributed by atoms with Crippen LogP contribution in [0.15, 0.2) is 18.6 Å². The van der Waals surface area contributed by atoms with E-state index in [0.717, 1.165) is 29.2 Å². The molecule has 6 nitrogen and oxygen atoms in total. The zero-order chi connectivity index (χ0) is 15.4. The third-order valence-electron chi connectivity index (χ3n) is 3.29. The van der Waals surface area contributed by atoms with E-state index in [1.165, 1.54) is 0 Å². The summed E-state index contributed by atoms with van der Waals surface area (Å²) in [6.45, 7) is 6.15. The van der Waals surface area contributed by atoms with Crippen LogP contribution in [0, 0.1) is 13.8 Å². The van der Waals surface area contributed by atoms with Crippen molar-refractivity contribution in [2.75, 3.05) is 24.3 Å². The van der Waals surface area contributed by atoms with Crippen LogP contribution in [0.25, 0.3) is 0 Å². The van der Waals surface area contributed by atoms with E-state index in [9.17, 15) is 0 Å². The van der Waals surface area contributed by atoms with Gasteiger partial charge in [-0.3, -0.25) is 9.97 Å². The van der Waals surface area contributed by atoms with Crippen molar-refractivity contribution in [3.8, 4) is 0 Å². The molecule has 21 heavy (non-hydrogen) atoms. The summed E-state index contributed by atoms with van der Waals surface area (Å²) in [5, 5.41) is 3.45. The van der Waals surface area contributed by atoms with Crippen molar-refractivity contribution in [3.63, 3.8) is 0 Å². The summed E-state index contributed by atoms with van der Waals surface area (Å²) in [4.78, 5) is 19.4. The van der Waals surface area contributed by atoms with Crippen LogP contribution in [-0.2, 0) is 6.42 Å². The molecular weight excluding hydrogens is 264 g/mol. The summed E-state index contributed by atoms with van der Waals surface area (Å²) < 4.78 is 0. The van der Waals surface area contributed by atoms with E-state index in [1.54, 1.807) is 18.6 Å². The van der Waals surface area contributed by atoms with Crippen LogP contribution in [0.2, 0.25) is 0 Å². The Morgan fingerprint density at radius 2 is 1.95 bits per heavy atom. The molecule has 1 N–H and O–H groups in total. The molecule has 0 fully saturated rings. The molecule has 2 aromatic rings. The fourth-order valence-electron chi connectivity index (χ4n) is 1.99. The molecule has 112 valence electrons. The maximum Gasteiger partial charge on any atom is 0.227 e. The van der Waals surface area contributed by atoms with Crippen molar-refractivity contribution < 1.29 is 0 Å². The zero-order valence-corrected chi connectivity index (χ0v) is 13.3. The van der Waals surface area contributed by atoms with E-state index in [0.29, 0.717) is 5.95 Å². The van der Waals surface area contributed by atoms with Gasteiger partial charge in [-0.25, -0.2) is 4.98 Å². The van der Waals surface area contributed by atoms with Gasteiger partial charge in [0.15, 0.2) is 0 Å². The zero-order valence-electron chi connectivity index (χ0n) is 13.3. The summed E-state index contributed by atoms with van der Waals surface area (Å²) in [6.07, 6.45) is 5.99. The molecule has 0 aromatic carbocycles. The summed E-state index contributed by atoms with van der Waals surface area (Å²) >= 11 is 0. The average molecular weight is 286 g/mol. The highest BCUT2D eigenvalue weighted by Gasteiger charge is 2.12. The Morgan fingerprint density at radius 1 is 1.19 bits per heavy atom. The van der Waals surface area contributed by atoms with Gasteiger partial charge in [0.05, 0.1) is 5.69 Å². The first-order valence-electron chi connectivity index (χ1n) is 7.01. The van der Waals surface area contributed by atoms with E-state index in [2.05, 4.69) is 32.2 Å². The number of hydrogen-bond donors (Lipinski definition) is 1. The molecular formula is C15H22N6. The second-order valence-corrected chi connectivity index (χ2v) is 5.42. The molecule has 0 amide bonds. The van der Waals surface area contributed by atoms with E-state index in [1.807, 2.05) is 32.8 Å². The first kappa shape index (κ1) is 15.2. The van der Waals surface area contributed by atoms with E-state index < -0.39 is 0 Å². The molecule has 6 heteroatoms. The normalized spacial score (nSPS) is 12.0. The molecule has 0 radical (unpaired) electrons. The van der Waals surface area contributed by atoms with Crippen molar-refractivity contribution in [2.24, 2.45) is 0 Å². The van der Waals surface area contributed by atoms with Gasteiger partial charge in [0.25, 0.3) is 0 Å². The van der Waals surface area contributed by atoms with Crippen molar-refractivity contribution in [2.45, 2.75) is 33.2 Å². The lowest BCUT2D eigenvalue weighted by molar-refractivity contribution is 0.756. The lowest BCUT2D eigenvalue weighted by atomic mass is 10.1. The number of aryl methyl sites for hydroxylation is 1. The van der Waals surface area contributed by atoms with Gasteiger partial charge in [0.2, 0.25) is 5.95 Å².